The Bertz CT molecular complexity index is 737. The Balaban J connectivity index is 1.44. The summed E-state index contributed by atoms with van der Waals surface area (Å²) in [4.78, 5) is 30.9. The third kappa shape index (κ3) is 2.71. The van der Waals surface area contributed by atoms with Gasteiger partial charge in [-0.1, -0.05) is 6.07 Å². The standard InChI is InChI=1S/C18H19N3O2S/c22-16-15(13-2-1-6-19-11-13)10-18(20-16)4-7-21(8-5-18)17(23)14-3-9-24-12-14/h1-3,6,9,11-12,15H,4-5,7-8,10H2,(H,20,22)/t15-/m0/s1. The molecule has 2 aliphatic rings. The van der Waals surface area contributed by atoms with Crippen molar-refractivity contribution in [3.05, 3.63) is 52.5 Å². The van der Waals surface area contributed by atoms with E-state index in [-0.39, 0.29) is 23.3 Å². The van der Waals surface area contributed by atoms with Crippen molar-refractivity contribution < 1.29 is 9.59 Å². The van der Waals surface area contributed by atoms with Crippen molar-refractivity contribution in [2.45, 2.75) is 30.7 Å². The molecule has 2 aliphatic heterocycles. The molecule has 1 N–H and O–H groups in total. The zero-order valence-corrected chi connectivity index (χ0v) is 14.1. The summed E-state index contributed by atoms with van der Waals surface area (Å²) < 4.78 is 0. The summed E-state index contributed by atoms with van der Waals surface area (Å²) in [5, 5.41) is 7.03. The van der Waals surface area contributed by atoms with Crippen molar-refractivity contribution in [2.75, 3.05) is 13.1 Å². The molecule has 6 heteroatoms. The predicted octanol–water partition coefficient (Wildman–Crippen LogP) is 2.42. The Hall–Kier alpha value is -2.21. The first-order valence-corrected chi connectivity index (χ1v) is 9.15. The summed E-state index contributed by atoms with van der Waals surface area (Å²) in [6.07, 6.45) is 5.91. The van der Waals surface area contributed by atoms with Crippen molar-refractivity contribution >= 4 is 23.2 Å². The fourth-order valence-electron chi connectivity index (χ4n) is 3.77. The molecule has 2 aromatic rings. The maximum atomic E-state index is 12.5. The number of pyridine rings is 1. The molecule has 0 unspecified atom stereocenters. The Morgan fingerprint density at radius 3 is 2.83 bits per heavy atom. The van der Waals surface area contributed by atoms with Crippen LogP contribution in [0.2, 0.25) is 0 Å². The van der Waals surface area contributed by atoms with Crippen LogP contribution in [0.5, 0.6) is 0 Å². The lowest BCUT2D eigenvalue weighted by Gasteiger charge is -2.39. The fourth-order valence-corrected chi connectivity index (χ4v) is 4.40. The monoisotopic (exact) mass is 341 g/mol. The Labute approximate surface area is 144 Å². The first-order valence-electron chi connectivity index (χ1n) is 8.20. The Kier molecular flexibility index (Phi) is 3.84. The van der Waals surface area contributed by atoms with E-state index < -0.39 is 0 Å². The highest BCUT2D eigenvalue weighted by Crippen LogP contribution is 2.39. The predicted molar refractivity (Wildman–Crippen MR) is 91.9 cm³/mol. The van der Waals surface area contributed by atoms with E-state index in [0.717, 1.165) is 30.4 Å². The number of nitrogens with one attached hydrogen (secondary N) is 1. The molecule has 2 amide bonds. The number of rotatable bonds is 2. The molecular formula is C18H19N3O2S. The summed E-state index contributed by atoms with van der Waals surface area (Å²) in [5.74, 6) is 0.0534. The third-order valence-electron chi connectivity index (χ3n) is 5.16. The van der Waals surface area contributed by atoms with Gasteiger partial charge in [-0.2, -0.15) is 11.3 Å². The quantitative estimate of drug-likeness (QED) is 0.912. The van der Waals surface area contributed by atoms with Crippen molar-refractivity contribution in [3.63, 3.8) is 0 Å². The lowest BCUT2D eigenvalue weighted by molar-refractivity contribution is -0.121. The molecular weight excluding hydrogens is 322 g/mol. The van der Waals surface area contributed by atoms with Gasteiger partial charge >= 0.3 is 0 Å². The van der Waals surface area contributed by atoms with Crippen LogP contribution in [0.1, 0.15) is 41.1 Å². The minimum Gasteiger partial charge on any atom is -0.350 e. The van der Waals surface area contributed by atoms with Crippen LogP contribution in [-0.4, -0.2) is 40.3 Å². The van der Waals surface area contributed by atoms with Crippen LogP contribution in [0.4, 0.5) is 0 Å². The van der Waals surface area contributed by atoms with E-state index in [1.165, 1.54) is 11.3 Å². The SMILES string of the molecule is O=C1NC2(CCN(C(=O)c3ccsc3)CC2)C[C@H]1c1cccnc1. The van der Waals surface area contributed by atoms with Gasteiger partial charge in [-0.05, 0) is 42.3 Å². The largest absolute Gasteiger partial charge is 0.350 e. The summed E-state index contributed by atoms with van der Waals surface area (Å²) in [6, 6.07) is 5.70. The van der Waals surface area contributed by atoms with E-state index in [2.05, 4.69) is 10.3 Å². The van der Waals surface area contributed by atoms with Gasteiger partial charge in [0.05, 0.1) is 11.5 Å². The molecule has 0 bridgehead atoms. The van der Waals surface area contributed by atoms with Crippen LogP contribution in [-0.2, 0) is 4.79 Å². The molecule has 4 rings (SSSR count). The van der Waals surface area contributed by atoms with Gasteiger partial charge in [-0.3, -0.25) is 14.6 Å². The number of likely N-dealkylation sites (tertiary alicyclic amines) is 1. The number of hydrogen-bond donors (Lipinski definition) is 1. The van der Waals surface area contributed by atoms with Crippen LogP contribution < -0.4 is 5.32 Å². The molecule has 0 aliphatic carbocycles. The molecule has 1 atom stereocenters. The molecule has 2 fully saturated rings. The summed E-state index contributed by atoms with van der Waals surface area (Å²) in [5.41, 5.74) is 1.56. The van der Waals surface area contributed by atoms with Crippen molar-refractivity contribution in [3.8, 4) is 0 Å². The number of thiophene rings is 1. The van der Waals surface area contributed by atoms with Gasteiger partial charge in [-0.15, -0.1) is 0 Å². The number of nitrogens with zero attached hydrogens (tertiary/aromatic N) is 2. The first kappa shape index (κ1) is 15.3. The number of aromatic nitrogens is 1. The van der Waals surface area contributed by atoms with Gasteiger partial charge in [0.2, 0.25) is 5.91 Å². The maximum Gasteiger partial charge on any atom is 0.254 e. The molecule has 1 spiro atoms. The molecule has 5 nitrogen and oxygen atoms in total. The van der Waals surface area contributed by atoms with Crippen molar-refractivity contribution in [1.29, 1.82) is 0 Å². The minimum atomic E-state index is -0.178. The summed E-state index contributed by atoms with van der Waals surface area (Å²) in [6.45, 7) is 1.38. The van der Waals surface area contributed by atoms with Gasteiger partial charge in [0.25, 0.3) is 5.91 Å². The van der Waals surface area contributed by atoms with E-state index in [0.29, 0.717) is 13.1 Å². The topological polar surface area (TPSA) is 62.3 Å². The van der Waals surface area contributed by atoms with E-state index in [1.807, 2.05) is 33.9 Å². The highest BCUT2D eigenvalue weighted by molar-refractivity contribution is 7.08. The second kappa shape index (κ2) is 6.02. The van der Waals surface area contributed by atoms with Gasteiger partial charge in [0.1, 0.15) is 0 Å². The van der Waals surface area contributed by atoms with E-state index in [9.17, 15) is 9.59 Å². The van der Waals surface area contributed by atoms with E-state index in [4.69, 9.17) is 0 Å². The third-order valence-corrected chi connectivity index (χ3v) is 5.85. The van der Waals surface area contributed by atoms with Crippen LogP contribution in [0, 0.1) is 0 Å². The molecule has 0 saturated carbocycles. The molecule has 24 heavy (non-hydrogen) atoms. The van der Waals surface area contributed by atoms with E-state index >= 15 is 0 Å². The van der Waals surface area contributed by atoms with Crippen LogP contribution in [0.3, 0.4) is 0 Å². The zero-order valence-electron chi connectivity index (χ0n) is 13.3. The van der Waals surface area contributed by atoms with Crippen molar-refractivity contribution in [1.82, 2.24) is 15.2 Å². The second-order valence-corrected chi connectivity index (χ2v) is 7.40. The van der Waals surface area contributed by atoms with E-state index in [1.54, 1.807) is 12.4 Å². The highest BCUT2D eigenvalue weighted by atomic mass is 32.1. The minimum absolute atomic E-state index is 0.0839. The van der Waals surface area contributed by atoms with Gasteiger partial charge in [0, 0.05) is 36.4 Å². The van der Waals surface area contributed by atoms with Crippen LogP contribution in [0.25, 0.3) is 0 Å². The molecule has 2 saturated heterocycles. The van der Waals surface area contributed by atoms with Crippen LogP contribution in [0.15, 0.2) is 41.4 Å². The maximum absolute atomic E-state index is 12.5. The molecule has 0 radical (unpaired) electrons. The normalized spacial score (nSPS) is 22.6. The molecule has 4 heterocycles. The second-order valence-electron chi connectivity index (χ2n) is 6.62. The average Bonchev–Trinajstić information content (AvgIpc) is 3.25. The Morgan fingerprint density at radius 1 is 1.33 bits per heavy atom. The lowest BCUT2D eigenvalue weighted by atomic mass is 9.82. The summed E-state index contributed by atoms with van der Waals surface area (Å²) >= 11 is 1.54. The number of carbonyl (C=O) groups is 2. The van der Waals surface area contributed by atoms with Gasteiger partial charge in [-0.25, -0.2) is 0 Å². The van der Waals surface area contributed by atoms with Crippen LogP contribution >= 0.6 is 11.3 Å². The first-order chi connectivity index (χ1) is 11.7. The lowest BCUT2D eigenvalue weighted by Crippen LogP contribution is -2.52. The summed E-state index contributed by atoms with van der Waals surface area (Å²) in [7, 11) is 0. The fraction of sp³-hybridized carbons (Fsp3) is 0.389. The highest BCUT2D eigenvalue weighted by Gasteiger charge is 2.46. The molecule has 2 aromatic heterocycles. The smallest absolute Gasteiger partial charge is 0.254 e. The van der Waals surface area contributed by atoms with Crippen molar-refractivity contribution in [2.24, 2.45) is 0 Å². The number of hydrogen-bond acceptors (Lipinski definition) is 4. The van der Waals surface area contributed by atoms with Gasteiger partial charge in [0.15, 0.2) is 0 Å². The average molecular weight is 341 g/mol. The van der Waals surface area contributed by atoms with Gasteiger partial charge < -0.3 is 10.2 Å². The molecule has 124 valence electrons. The molecule has 0 aromatic carbocycles. The zero-order chi connectivity index (χ0) is 16.6. The number of carbonyl (C=O) groups excluding carboxylic acids is 2. The number of piperidine rings is 1. The number of amides is 2. The Morgan fingerprint density at radius 2 is 2.17 bits per heavy atom.